The Hall–Kier alpha value is -2.93. The summed E-state index contributed by atoms with van der Waals surface area (Å²) in [5, 5.41) is 5.66. The van der Waals surface area contributed by atoms with Crippen molar-refractivity contribution in [2.24, 2.45) is 0 Å². The molecule has 7 heteroatoms. The van der Waals surface area contributed by atoms with Crippen LogP contribution in [0.3, 0.4) is 0 Å². The van der Waals surface area contributed by atoms with E-state index in [9.17, 15) is 4.79 Å². The average molecular weight is 369 g/mol. The molecule has 0 aliphatic carbocycles. The molecule has 1 aromatic carbocycles. The third kappa shape index (κ3) is 4.37. The maximum absolute atomic E-state index is 12.2. The van der Waals surface area contributed by atoms with Gasteiger partial charge in [0, 0.05) is 11.6 Å². The molecule has 2 heterocycles. The molecule has 3 aromatic rings. The maximum atomic E-state index is 12.2. The Balaban J connectivity index is 1.57. The van der Waals surface area contributed by atoms with E-state index in [-0.39, 0.29) is 12.3 Å². The number of ether oxygens (including phenoxy) is 2. The number of rotatable bonds is 7. The number of methoxy groups -OCH3 is 2. The van der Waals surface area contributed by atoms with Crippen LogP contribution in [0.15, 0.2) is 48.0 Å². The number of thiazole rings is 1. The van der Waals surface area contributed by atoms with Crippen molar-refractivity contribution in [2.75, 3.05) is 14.2 Å². The summed E-state index contributed by atoms with van der Waals surface area (Å²) in [4.78, 5) is 21.0. The summed E-state index contributed by atoms with van der Waals surface area (Å²) in [6, 6.07) is 11.2. The van der Waals surface area contributed by atoms with Crippen LogP contribution in [0.1, 0.15) is 11.3 Å². The number of hydrogen-bond donors (Lipinski definition) is 1. The molecular formula is C19H19N3O3S. The van der Waals surface area contributed by atoms with Gasteiger partial charge in [-0.15, -0.1) is 11.3 Å². The molecule has 3 rings (SSSR count). The second-order valence-corrected chi connectivity index (χ2v) is 6.36. The van der Waals surface area contributed by atoms with Gasteiger partial charge in [-0.05, 0) is 29.8 Å². The van der Waals surface area contributed by atoms with E-state index in [1.165, 1.54) is 11.3 Å². The number of nitrogens with one attached hydrogen (secondary N) is 1. The lowest BCUT2D eigenvalue weighted by atomic mass is 10.1. The Kier molecular flexibility index (Phi) is 5.80. The minimum Gasteiger partial charge on any atom is -0.493 e. The van der Waals surface area contributed by atoms with Crippen molar-refractivity contribution >= 4 is 17.2 Å². The molecule has 0 saturated carbocycles. The Morgan fingerprint density at radius 3 is 2.73 bits per heavy atom. The van der Waals surface area contributed by atoms with Crippen LogP contribution in [-0.2, 0) is 17.8 Å². The number of carbonyl (C=O) groups is 1. The molecule has 0 radical (unpaired) electrons. The highest BCUT2D eigenvalue weighted by atomic mass is 32.1. The average Bonchev–Trinajstić information content (AvgIpc) is 3.16. The van der Waals surface area contributed by atoms with Gasteiger partial charge in [-0.1, -0.05) is 12.1 Å². The minimum absolute atomic E-state index is 0.0791. The second-order valence-electron chi connectivity index (χ2n) is 5.50. The first kappa shape index (κ1) is 17.9. The van der Waals surface area contributed by atoms with Crippen LogP contribution in [0.2, 0.25) is 0 Å². The molecule has 134 valence electrons. The highest BCUT2D eigenvalue weighted by Gasteiger charge is 2.10. The van der Waals surface area contributed by atoms with Gasteiger partial charge in [-0.2, -0.15) is 0 Å². The van der Waals surface area contributed by atoms with Crippen LogP contribution in [0, 0.1) is 0 Å². The zero-order valence-corrected chi connectivity index (χ0v) is 15.4. The van der Waals surface area contributed by atoms with Crippen molar-refractivity contribution in [3.8, 4) is 22.2 Å². The Labute approximate surface area is 155 Å². The fraction of sp³-hybridized carbons (Fsp3) is 0.211. The third-order valence-electron chi connectivity index (χ3n) is 3.72. The predicted octanol–water partition coefficient (Wildman–Crippen LogP) is 3.08. The van der Waals surface area contributed by atoms with Gasteiger partial charge in [0.25, 0.3) is 0 Å². The van der Waals surface area contributed by atoms with Gasteiger partial charge in [0.1, 0.15) is 5.01 Å². The third-order valence-corrected chi connectivity index (χ3v) is 4.63. The molecular weight excluding hydrogens is 350 g/mol. The van der Waals surface area contributed by atoms with E-state index in [1.807, 2.05) is 29.6 Å². The molecule has 0 bridgehead atoms. The molecule has 1 N–H and O–H groups in total. The molecule has 26 heavy (non-hydrogen) atoms. The molecule has 0 saturated heterocycles. The first-order chi connectivity index (χ1) is 12.7. The van der Waals surface area contributed by atoms with Gasteiger partial charge >= 0.3 is 0 Å². The van der Waals surface area contributed by atoms with Crippen LogP contribution in [-0.4, -0.2) is 30.1 Å². The van der Waals surface area contributed by atoms with Crippen molar-refractivity contribution in [2.45, 2.75) is 13.0 Å². The summed E-state index contributed by atoms with van der Waals surface area (Å²) in [6.07, 6.45) is 2.00. The lowest BCUT2D eigenvalue weighted by molar-refractivity contribution is -0.120. The van der Waals surface area contributed by atoms with E-state index in [1.54, 1.807) is 32.5 Å². The van der Waals surface area contributed by atoms with E-state index >= 15 is 0 Å². The number of hydrogen-bond acceptors (Lipinski definition) is 6. The van der Waals surface area contributed by atoms with Gasteiger partial charge in [0.2, 0.25) is 5.91 Å². The Bertz CT molecular complexity index is 881. The summed E-state index contributed by atoms with van der Waals surface area (Å²) in [6.45, 7) is 0.384. The summed E-state index contributed by atoms with van der Waals surface area (Å²) < 4.78 is 10.5. The quantitative estimate of drug-likeness (QED) is 0.693. The topological polar surface area (TPSA) is 73.3 Å². The smallest absolute Gasteiger partial charge is 0.224 e. The summed E-state index contributed by atoms with van der Waals surface area (Å²) in [7, 11) is 3.15. The number of pyridine rings is 1. The summed E-state index contributed by atoms with van der Waals surface area (Å²) in [5.41, 5.74) is 2.50. The number of nitrogens with zero attached hydrogens (tertiary/aromatic N) is 2. The lowest BCUT2D eigenvalue weighted by Gasteiger charge is -2.09. The zero-order chi connectivity index (χ0) is 18.4. The monoisotopic (exact) mass is 369 g/mol. The van der Waals surface area contributed by atoms with Gasteiger partial charge in [-0.3, -0.25) is 9.78 Å². The molecule has 1 amide bonds. The van der Waals surface area contributed by atoms with Gasteiger partial charge in [-0.25, -0.2) is 4.98 Å². The van der Waals surface area contributed by atoms with Crippen molar-refractivity contribution in [1.29, 1.82) is 0 Å². The molecule has 0 spiro atoms. The fourth-order valence-electron chi connectivity index (χ4n) is 2.42. The van der Waals surface area contributed by atoms with Gasteiger partial charge in [0.05, 0.1) is 38.6 Å². The van der Waals surface area contributed by atoms with Crippen molar-refractivity contribution < 1.29 is 14.3 Å². The lowest BCUT2D eigenvalue weighted by Crippen LogP contribution is -2.24. The highest BCUT2D eigenvalue weighted by Crippen LogP contribution is 2.27. The molecule has 0 unspecified atom stereocenters. The first-order valence-electron chi connectivity index (χ1n) is 8.03. The van der Waals surface area contributed by atoms with Crippen molar-refractivity contribution in [3.63, 3.8) is 0 Å². The van der Waals surface area contributed by atoms with E-state index in [2.05, 4.69) is 15.3 Å². The molecule has 0 fully saturated rings. The van der Waals surface area contributed by atoms with E-state index in [0.717, 1.165) is 22.0 Å². The fourth-order valence-corrected chi connectivity index (χ4v) is 3.22. The second kappa shape index (κ2) is 8.44. The maximum Gasteiger partial charge on any atom is 0.224 e. The van der Waals surface area contributed by atoms with Gasteiger partial charge < -0.3 is 14.8 Å². The first-order valence-corrected chi connectivity index (χ1v) is 8.91. The number of carbonyl (C=O) groups excluding carboxylic acids is 1. The predicted molar refractivity (Wildman–Crippen MR) is 100 cm³/mol. The van der Waals surface area contributed by atoms with E-state index < -0.39 is 0 Å². The van der Waals surface area contributed by atoms with E-state index in [4.69, 9.17) is 9.47 Å². The molecule has 6 nitrogen and oxygen atoms in total. The Morgan fingerprint density at radius 2 is 2.00 bits per heavy atom. The Morgan fingerprint density at radius 1 is 1.15 bits per heavy atom. The number of benzene rings is 1. The molecule has 0 aliphatic heterocycles. The molecule has 0 aliphatic rings. The summed E-state index contributed by atoms with van der Waals surface area (Å²) in [5.74, 6) is 1.17. The normalized spacial score (nSPS) is 10.4. The van der Waals surface area contributed by atoms with Crippen LogP contribution >= 0.6 is 11.3 Å². The zero-order valence-electron chi connectivity index (χ0n) is 14.6. The van der Waals surface area contributed by atoms with Crippen molar-refractivity contribution in [1.82, 2.24) is 15.3 Å². The van der Waals surface area contributed by atoms with Gasteiger partial charge in [0.15, 0.2) is 11.5 Å². The SMILES string of the molecule is COc1ccc(CC(=O)NCc2csc(-c3ccccn3)n2)cc1OC. The van der Waals surface area contributed by atoms with Crippen LogP contribution in [0.4, 0.5) is 0 Å². The van der Waals surface area contributed by atoms with Crippen LogP contribution < -0.4 is 14.8 Å². The van der Waals surface area contributed by atoms with Crippen molar-refractivity contribution in [3.05, 3.63) is 59.2 Å². The largest absolute Gasteiger partial charge is 0.493 e. The molecule has 0 atom stereocenters. The molecule has 2 aromatic heterocycles. The highest BCUT2D eigenvalue weighted by molar-refractivity contribution is 7.13. The minimum atomic E-state index is -0.0791. The van der Waals surface area contributed by atoms with E-state index in [0.29, 0.717) is 18.0 Å². The number of aromatic nitrogens is 2. The van der Waals surface area contributed by atoms with Crippen LogP contribution in [0.5, 0.6) is 11.5 Å². The standard InChI is InChI=1S/C19H19N3O3S/c1-24-16-7-6-13(9-17(16)25-2)10-18(23)21-11-14-12-26-19(22-14)15-5-3-4-8-20-15/h3-9,12H,10-11H2,1-2H3,(H,21,23). The summed E-state index contributed by atoms with van der Waals surface area (Å²) >= 11 is 1.51. The number of amides is 1. The van der Waals surface area contributed by atoms with Crippen LogP contribution in [0.25, 0.3) is 10.7 Å².